The summed E-state index contributed by atoms with van der Waals surface area (Å²) < 4.78 is 11.2. The van der Waals surface area contributed by atoms with Crippen LogP contribution in [0, 0.1) is 0 Å². The second-order valence-electron chi connectivity index (χ2n) is 5.91. The van der Waals surface area contributed by atoms with E-state index in [9.17, 15) is 0 Å². The Morgan fingerprint density at radius 2 is 1.90 bits per heavy atom. The van der Waals surface area contributed by atoms with Gasteiger partial charge >= 0.3 is 0 Å². The molecular weight excluding hydrogens is 264 g/mol. The molecule has 1 atom stereocenters. The smallest absolute Gasteiger partial charge is 0.161 e. The summed E-state index contributed by atoms with van der Waals surface area (Å²) in [5.74, 6) is 1.75. The first kappa shape index (κ1) is 14.7. The summed E-state index contributed by atoms with van der Waals surface area (Å²) in [6, 6.07) is 6.91. The van der Waals surface area contributed by atoms with Crippen LogP contribution in [0.5, 0.6) is 11.5 Å². The number of likely N-dealkylation sites (tertiary alicyclic amines) is 1. The fourth-order valence-corrected chi connectivity index (χ4v) is 3.22. The first-order valence-electron chi connectivity index (χ1n) is 8.20. The van der Waals surface area contributed by atoms with Crippen molar-refractivity contribution in [3.8, 4) is 11.5 Å². The van der Waals surface area contributed by atoms with Crippen molar-refractivity contribution in [3.05, 3.63) is 23.8 Å². The van der Waals surface area contributed by atoms with E-state index in [-0.39, 0.29) is 0 Å². The van der Waals surface area contributed by atoms with E-state index in [1.54, 1.807) is 0 Å². The number of fused-ring (bicyclic) bond motifs is 1. The van der Waals surface area contributed by atoms with Crippen LogP contribution in [0.1, 0.15) is 31.7 Å². The molecule has 4 nitrogen and oxygen atoms in total. The van der Waals surface area contributed by atoms with Crippen molar-refractivity contribution < 1.29 is 9.47 Å². The molecule has 1 aromatic rings. The molecule has 0 aliphatic carbocycles. The minimum atomic E-state index is 0.650. The first-order chi connectivity index (χ1) is 10.4. The number of hydrogen-bond donors (Lipinski definition) is 1. The molecule has 0 radical (unpaired) electrons. The second-order valence-corrected chi connectivity index (χ2v) is 5.91. The molecule has 2 aliphatic rings. The van der Waals surface area contributed by atoms with E-state index >= 15 is 0 Å². The van der Waals surface area contributed by atoms with Crippen LogP contribution >= 0.6 is 0 Å². The van der Waals surface area contributed by atoms with Gasteiger partial charge in [0.1, 0.15) is 13.2 Å². The van der Waals surface area contributed by atoms with Crippen molar-refractivity contribution in [1.82, 2.24) is 10.2 Å². The molecule has 116 valence electrons. The average Bonchev–Trinajstić information content (AvgIpc) is 3.05. The molecule has 1 saturated heterocycles. The Hall–Kier alpha value is -1.26. The zero-order chi connectivity index (χ0) is 14.5. The van der Waals surface area contributed by atoms with Gasteiger partial charge in [0.2, 0.25) is 0 Å². The average molecular weight is 290 g/mol. The van der Waals surface area contributed by atoms with Crippen LogP contribution < -0.4 is 14.8 Å². The third kappa shape index (κ3) is 3.69. The summed E-state index contributed by atoms with van der Waals surface area (Å²) in [6.07, 6.45) is 3.94. The van der Waals surface area contributed by atoms with Crippen LogP contribution in [0.2, 0.25) is 0 Å². The zero-order valence-corrected chi connectivity index (χ0v) is 12.9. The van der Waals surface area contributed by atoms with Gasteiger partial charge in [0.25, 0.3) is 0 Å². The van der Waals surface area contributed by atoms with Gasteiger partial charge in [-0.15, -0.1) is 0 Å². The lowest BCUT2D eigenvalue weighted by Gasteiger charge is -2.26. The summed E-state index contributed by atoms with van der Waals surface area (Å²) >= 11 is 0. The highest BCUT2D eigenvalue weighted by Gasteiger charge is 2.19. The minimum absolute atomic E-state index is 0.650. The number of benzene rings is 1. The van der Waals surface area contributed by atoms with Crippen LogP contribution in [0.25, 0.3) is 0 Å². The maximum atomic E-state index is 5.63. The predicted octanol–water partition coefficient (Wildman–Crippen LogP) is 2.42. The Balaban J connectivity index is 1.50. The second kappa shape index (κ2) is 7.14. The molecule has 2 aliphatic heterocycles. The number of rotatable bonds is 6. The van der Waals surface area contributed by atoms with Crippen LogP contribution in [-0.2, 0) is 6.54 Å². The van der Waals surface area contributed by atoms with E-state index < -0.39 is 0 Å². The van der Waals surface area contributed by atoms with Gasteiger partial charge in [-0.1, -0.05) is 13.0 Å². The Kier molecular flexibility index (Phi) is 4.99. The molecule has 1 fully saturated rings. The lowest BCUT2D eigenvalue weighted by Crippen LogP contribution is -2.40. The van der Waals surface area contributed by atoms with Gasteiger partial charge in [-0.25, -0.2) is 0 Å². The van der Waals surface area contributed by atoms with Gasteiger partial charge in [0.05, 0.1) is 0 Å². The van der Waals surface area contributed by atoms with Gasteiger partial charge in [0.15, 0.2) is 11.5 Å². The SMILES string of the molecule is CCC(CNCc1ccc2c(c1)OCCO2)N1CCCC1. The highest BCUT2D eigenvalue weighted by atomic mass is 16.6. The summed E-state index contributed by atoms with van der Waals surface area (Å²) in [6.45, 7) is 8.07. The number of ether oxygens (including phenoxy) is 2. The summed E-state index contributed by atoms with van der Waals surface area (Å²) in [7, 11) is 0. The van der Waals surface area contributed by atoms with Crippen molar-refractivity contribution in [1.29, 1.82) is 0 Å². The van der Waals surface area contributed by atoms with E-state index in [1.165, 1.54) is 37.9 Å². The Labute approximate surface area is 127 Å². The van der Waals surface area contributed by atoms with E-state index in [4.69, 9.17) is 9.47 Å². The van der Waals surface area contributed by atoms with E-state index in [1.807, 2.05) is 6.07 Å². The molecule has 0 aromatic heterocycles. The Morgan fingerprint density at radius 3 is 2.67 bits per heavy atom. The van der Waals surface area contributed by atoms with Crippen molar-refractivity contribution in [2.75, 3.05) is 32.8 Å². The predicted molar refractivity (Wildman–Crippen MR) is 84.0 cm³/mol. The fourth-order valence-electron chi connectivity index (χ4n) is 3.22. The van der Waals surface area contributed by atoms with Gasteiger partial charge in [-0.2, -0.15) is 0 Å². The van der Waals surface area contributed by atoms with Gasteiger partial charge < -0.3 is 14.8 Å². The number of nitrogens with one attached hydrogen (secondary N) is 1. The molecule has 3 rings (SSSR count). The third-order valence-electron chi connectivity index (χ3n) is 4.44. The zero-order valence-electron chi connectivity index (χ0n) is 12.9. The van der Waals surface area contributed by atoms with Gasteiger partial charge in [-0.05, 0) is 50.0 Å². The normalized spacial score (nSPS) is 19.7. The van der Waals surface area contributed by atoms with E-state index in [0.29, 0.717) is 19.3 Å². The quantitative estimate of drug-likeness (QED) is 0.872. The van der Waals surface area contributed by atoms with Crippen LogP contribution in [0.15, 0.2) is 18.2 Å². The molecule has 0 spiro atoms. The molecule has 1 N–H and O–H groups in total. The van der Waals surface area contributed by atoms with E-state index in [0.717, 1.165) is 24.6 Å². The topological polar surface area (TPSA) is 33.7 Å². The lowest BCUT2D eigenvalue weighted by molar-refractivity contribution is 0.171. The molecular formula is C17H26N2O2. The fraction of sp³-hybridized carbons (Fsp3) is 0.647. The van der Waals surface area contributed by atoms with Gasteiger partial charge in [0, 0.05) is 19.1 Å². The minimum Gasteiger partial charge on any atom is -0.486 e. The first-order valence-corrected chi connectivity index (χ1v) is 8.20. The van der Waals surface area contributed by atoms with Crippen molar-refractivity contribution in [3.63, 3.8) is 0 Å². The van der Waals surface area contributed by atoms with Crippen molar-refractivity contribution >= 4 is 0 Å². The number of hydrogen-bond acceptors (Lipinski definition) is 4. The molecule has 1 unspecified atom stereocenters. The van der Waals surface area contributed by atoms with Crippen LogP contribution in [0.3, 0.4) is 0 Å². The molecule has 1 aromatic carbocycles. The molecule has 4 heteroatoms. The summed E-state index contributed by atoms with van der Waals surface area (Å²) in [5, 5.41) is 3.60. The molecule has 0 saturated carbocycles. The third-order valence-corrected chi connectivity index (χ3v) is 4.44. The highest BCUT2D eigenvalue weighted by Crippen LogP contribution is 2.30. The summed E-state index contributed by atoms with van der Waals surface area (Å²) in [5.41, 5.74) is 1.26. The standard InChI is InChI=1S/C17H26N2O2/c1-2-15(19-7-3-4-8-19)13-18-12-14-5-6-16-17(11-14)21-10-9-20-16/h5-6,11,15,18H,2-4,7-10,12-13H2,1H3. The molecule has 0 amide bonds. The molecule has 2 heterocycles. The maximum Gasteiger partial charge on any atom is 0.161 e. The van der Waals surface area contributed by atoms with E-state index in [2.05, 4.69) is 29.3 Å². The Bertz CT molecular complexity index is 458. The largest absolute Gasteiger partial charge is 0.486 e. The van der Waals surface area contributed by atoms with Crippen LogP contribution in [0.4, 0.5) is 0 Å². The van der Waals surface area contributed by atoms with Crippen LogP contribution in [-0.4, -0.2) is 43.8 Å². The Morgan fingerprint density at radius 1 is 1.14 bits per heavy atom. The molecule has 0 bridgehead atoms. The van der Waals surface area contributed by atoms with Crippen molar-refractivity contribution in [2.24, 2.45) is 0 Å². The monoisotopic (exact) mass is 290 g/mol. The molecule has 21 heavy (non-hydrogen) atoms. The maximum absolute atomic E-state index is 5.63. The van der Waals surface area contributed by atoms with Crippen molar-refractivity contribution in [2.45, 2.75) is 38.8 Å². The van der Waals surface area contributed by atoms with Gasteiger partial charge in [-0.3, -0.25) is 4.90 Å². The summed E-state index contributed by atoms with van der Waals surface area (Å²) in [4.78, 5) is 2.62. The number of nitrogens with zero attached hydrogens (tertiary/aromatic N) is 1. The highest BCUT2D eigenvalue weighted by molar-refractivity contribution is 5.43. The lowest BCUT2D eigenvalue weighted by atomic mass is 10.1.